The van der Waals surface area contributed by atoms with Gasteiger partial charge in [0.2, 0.25) is 0 Å². The van der Waals surface area contributed by atoms with Crippen molar-refractivity contribution in [3.63, 3.8) is 0 Å². The third kappa shape index (κ3) is 3.79. The standard InChI is InChI=1S/C14H29N/c1-6-15(12(4)5)10-13-7-8-14(9-13)11(2)3/h11-14H,6-10H2,1-5H3. The Bertz CT molecular complexity index is 174. The highest BCUT2D eigenvalue weighted by molar-refractivity contribution is 4.80. The van der Waals surface area contributed by atoms with Gasteiger partial charge >= 0.3 is 0 Å². The Morgan fingerprint density at radius 3 is 2.20 bits per heavy atom. The molecule has 1 aliphatic rings. The Kier molecular flexibility index (Phi) is 5.11. The SMILES string of the molecule is CCN(CC1CCC(C(C)C)C1)C(C)C. The van der Waals surface area contributed by atoms with Gasteiger partial charge in [-0.1, -0.05) is 20.8 Å². The van der Waals surface area contributed by atoms with E-state index in [4.69, 9.17) is 0 Å². The number of nitrogens with zero attached hydrogens (tertiary/aromatic N) is 1. The Hall–Kier alpha value is -0.0400. The number of hydrogen-bond donors (Lipinski definition) is 0. The van der Waals surface area contributed by atoms with E-state index in [0.29, 0.717) is 6.04 Å². The maximum absolute atomic E-state index is 2.62. The minimum absolute atomic E-state index is 0.716. The average molecular weight is 211 g/mol. The van der Waals surface area contributed by atoms with Crippen molar-refractivity contribution in [1.82, 2.24) is 4.90 Å². The predicted octanol–water partition coefficient (Wildman–Crippen LogP) is 3.79. The van der Waals surface area contributed by atoms with Gasteiger partial charge in [0.05, 0.1) is 0 Å². The van der Waals surface area contributed by atoms with Crippen LogP contribution in [0.4, 0.5) is 0 Å². The van der Waals surface area contributed by atoms with E-state index in [-0.39, 0.29) is 0 Å². The summed E-state index contributed by atoms with van der Waals surface area (Å²) in [5, 5.41) is 0. The van der Waals surface area contributed by atoms with Crippen LogP contribution in [0.15, 0.2) is 0 Å². The lowest BCUT2D eigenvalue weighted by atomic mass is 9.93. The normalized spacial score (nSPS) is 27.2. The summed E-state index contributed by atoms with van der Waals surface area (Å²) in [4.78, 5) is 2.62. The van der Waals surface area contributed by atoms with Gasteiger partial charge in [0, 0.05) is 12.6 Å². The summed E-state index contributed by atoms with van der Waals surface area (Å²) in [5.41, 5.74) is 0. The fourth-order valence-corrected chi connectivity index (χ4v) is 2.92. The molecule has 0 radical (unpaired) electrons. The van der Waals surface area contributed by atoms with E-state index in [2.05, 4.69) is 39.5 Å². The predicted molar refractivity (Wildman–Crippen MR) is 68.1 cm³/mol. The molecule has 2 atom stereocenters. The zero-order valence-electron chi connectivity index (χ0n) is 11.3. The van der Waals surface area contributed by atoms with Gasteiger partial charge in [-0.3, -0.25) is 0 Å². The fourth-order valence-electron chi connectivity index (χ4n) is 2.92. The Labute approximate surface area is 96.2 Å². The number of hydrogen-bond acceptors (Lipinski definition) is 1. The first-order valence-electron chi connectivity index (χ1n) is 6.78. The van der Waals surface area contributed by atoms with Crippen molar-refractivity contribution in [2.24, 2.45) is 17.8 Å². The van der Waals surface area contributed by atoms with Gasteiger partial charge in [-0.25, -0.2) is 0 Å². The molecule has 2 unspecified atom stereocenters. The molecule has 0 heterocycles. The van der Waals surface area contributed by atoms with E-state index in [1.54, 1.807) is 0 Å². The van der Waals surface area contributed by atoms with E-state index >= 15 is 0 Å². The summed E-state index contributed by atoms with van der Waals surface area (Å²) in [6.45, 7) is 14.2. The summed E-state index contributed by atoms with van der Waals surface area (Å²) in [6.07, 6.45) is 4.41. The second kappa shape index (κ2) is 5.89. The van der Waals surface area contributed by atoms with Crippen LogP contribution in [-0.4, -0.2) is 24.0 Å². The summed E-state index contributed by atoms with van der Waals surface area (Å²) < 4.78 is 0. The van der Waals surface area contributed by atoms with Gasteiger partial charge in [-0.2, -0.15) is 0 Å². The number of rotatable bonds is 5. The first kappa shape index (κ1) is 13.0. The van der Waals surface area contributed by atoms with E-state index < -0.39 is 0 Å². The lowest BCUT2D eigenvalue weighted by Gasteiger charge is -2.28. The molecule has 0 aromatic carbocycles. The minimum atomic E-state index is 0.716. The van der Waals surface area contributed by atoms with Gasteiger partial charge in [0.15, 0.2) is 0 Å². The summed E-state index contributed by atoms with van der Waals surface area (Å²) in [6, 6.07) is 0.716. The molecule has 1 aliphatic carbocycles. The Morgan fingerprint density at radius 1 is 1.13 bits per heavy atom. The highest BCUT2D eigenvalue weighted by Gasteiger charge is 2.28. The van der Waals surface area contributed by atoms with Crippen LogP contribution in [0, 0.1) is 17.8 Å². The third-order valence-corrected chi connectivity index (χ3v) is 4.15. The molecule has 1 fully saturated rings. The zero-order valence-corrected chi connectivity index (χ0v) is 11.3. The maximum Gasteiger partial charge on any atom is 0.00385 e. The van der Waals surface area contributed by atoms with E-state index in [9.17, 15) is 0 Å². The van der Waals surface area contributed by atoms with Crippen LogP contribution in [0.1, 0.15) is 53.9 Å². The lowest BCUT2D eigenvalue weighted by molar-refractivity contribution is 0.194. The highest BCUT2D eigenvalue weighted by atomic mass is 15.1. The van der Waals surface area contributed by atoms with Crippen molar-refractivity contribution in [3.8, 4) is 0 Å². The first-order chi connectivity index (χ1) is 7.04. The van der Waals surface area contributed by atoms with Crippen molar-refractivity contribution >= 4 is 0 Å². The van der Waals surface area contributed by atoms with Crippen molar-refractivity contribution in [2.45, 2.75) is 59.9 Å². The molecular weight excluding hydrogens is 182 g/mol. The Morgan fingerprint density at radius 2 is 1.80 bits per heavy atom. The molecule has 0 amide bonds. The second-order valence-electron chi connectivity index (χ2n) is 5.86. The third-order valence-electron chi connectivity index (χ3n) is 4.15. The monoisotopic (exact) mass is 211 g/mol. The average Bonchev–Trinajstić information content (AvgIpc) is 2.61. The minimum Gasteiger partial charge on any atom is -0.301 e. The van der Waals surface area contributed by atoms with Gasteiger partial charge < -0.3 is 4.90 Å². The molecule has 1 nitrogen and oxygen atoms in total. The van der Waals surface area contributed by atoms with Crippen LogP contribution in [0.3, 0.4) is 0 Å². The van der Waals surface area contributed by atoms with Crippen LogP contribution in [0.5, 0.6) is 0 Å². The molecule has 0 spiro atoms. The molecular formula is C14H29N. The maximum atomic E-state index is 2.62. The molecule has 0 aromatic rings. The zero-order chi connectivity index (χ0) is 11.4. The van der Waals surface area contributed by atoms with Gasteiger partial charge in [0.25, 0.3) is 0 Å². The summed E-state index contributed by atoms with van der Waals surface area (Å²) >= 11 is 0. The van der Waals surface area contributed by atoms with Crippen LogP contribution < -0.4 is 0 Å². The largest absolute Gasteiger partial charge is 0.301 e. The van der Waals surface area contributed by atoms with Crippen molar-refractivity contribution < 1.29 is 0 Å². The van der Waals surface area contributed by atoms with Gasteiger partial charge in [-0.05, 0) is 57.4 Å². The van der Waals surface area contributed by atoms with Gasteiger partial charge in [0.1, 0.15) is 0 Å². The van der Waals surface area contributed by atoms with E-state index in [1.165, 1.54) is 32.4 Å². The molecule has 0 aromatic heterocycles. The summed E-state index contributed by atoms with van der Waals surface area (Å²) in [7, 11) is 0. The van der Waals surface area contributed by atoms with Gasteiger partial charge in [-0.15, -0.1) is 0 Å². The first-order valence-corrected chi connectivity index (χ1v) is 6.78. The molecule has 1 saturated carbocycles. The Balaban J connectivity index is 2.34. The molecule has 90 valence electrons. The molecule has 0 aliphatic heterocycles. The molecule has 1 rings (SSSR count). The molecule has 1 heteroatoms. The smallest absolute Gasteiger partial charge is 0.00385 e. The topological polar surface area (TPSA) is 3.24 Å². The van der Waals surface area contributed by atoms with Crippen LogP contribution >= 0.6 is 0 Å². The molecule has 0 N–H and O–H groups in total. The lowest BCUT2D eigenvalue weighted by Crippen LogP contribution is -2.34. The fraction of sp³-hybridized carbons (Fsp3) is 1.00. The van der Waals surface area contributed by atoms with Crippen molar-refractivity contribution in [1.29, 1.82) is 0 Å². The van der Waals surface area contributed by atoms with E-state index in [1.807, 2.05) is 0 Å². The van der Waals surface area contributed by atoms with Crippen molar-refractivity contribution in [3.05, 3.63) is 0 Å². The van der Waals surface area contributed by atoms with Crippen LogP contribution in [-0.2, 0) is 0 Å². The quantitative estimate of drug-likeness (QED) is 0.669. The molecule has 0 bridgehead atoms. The summed E-state index contributed by atoms with van der Waals surface area (Å²) in [5.74, 6) is 2.87. The van der Waals surface area contributed by atoms with E-state index in [0.717, 1.165) is 17.8 Å². The van der Waals surface area contributed by atoms with Crippen LogP contribution in [0.2, 0.25) is 0 Å². The van der Waals surface area contributed by atoms with Crippen LogP contribution in [0.25, 0.3) is 0 Å². The second-order valence-corrected chi connectivity index (χ2v) is 5.86. The van der Waals surface area contributed by atoms with Crippen molar-refractivity contribution in [2.75, 3.05) is 13.1 Å². The molecule has 0 saturated heterocycles. The molecule has 15 heavy (non-hydrogen) atoms. The highest BCUT2D eigenvalue weighted by Crippen LogP contribution is 2.36.